The fourth-order valence-electron chi connectivity index (χ4n) is 3.16. The van der Waals surface area contributed by atoms with Gasteiger partial charge in [0.25, 0.3) is 0 Å². The summed E-state index contributed by atoms with van der Waals surface area (Å²) in [5.74, 6) is 0.463. The molecule has 0 spiro atoms. The normalized spacial score (nSPS) is 13.2. The molecule has 0 unspecified atom stereocenters. The first-order valence-corrected chi connectivity index (χ1v) is 11.6. The van der Waals surface area contributed by atoms with Gasteiger partial charge in [0.2, 0.25) is 5.91 Å². The predicted octanol–water partition coefficient (Wildman–Crippen LogP) is 3.82. The van der Waals surface area contributed by atoms with Gasteiger partial charge in [-0.25, -0.2) is 9.79 Å². The van der Waals surface area contributed by atoms with E-state index in [1.807, 2.05) is 17.0 Å². The van der Waals surface area contributed by atoms with Gasteiger partial charge in [0.05, 0.1) is 29.9 Å². The fraction of sp³-hybridized carbons (Fsp3) is 0.591. The minimum Gasteiger partial charge on any atom is -0.447 e. The average Bonchev–Trinajstić information content (AvgIpc) is 2.99. The van der Waals surface area contributed by atoms with E-state index in [1.54, 1.807) is 13.8 Å². The monoisotopic (exact) mass is 450 g/mol. The molecule has 2 rings (SSSR count). The first-order chi connectivity index (χ1) is 14.8. The van der Waals surface area contributed by atoms with Crippen LogP contribution in [0.25, 0.3) is 6.08 Å². The van der Waals surface area contributed by atoms with E-state index in [9.17, 15) is 9.59 Å². The molecule has 172 valence electrons. The van der Waals surface area contributed by atoms with Crippen molar-refractivity contribution < 1.29 is 19.1 Å². The fourth-order valence-corrected chi connectivity index (χ4v) is 4.16. The quantitative estimate of drug-likeness (QED) is 0.499. The lowest BCUT2D eigenvalue weighted by molar-refractivity contribution is -0.127. The number of ether oxygens (including phenoxy) is 2. The molecule has 0 saturated carbocycles. The van der Waals surface area contributed by atoms with E-state index < -0.39 is 6.09 Å². The molecule has 0 radical (unpaired) electrons. The van der Waals surface area contributed by atoms with Crippen molar-refractivity contribution in [3.63, 3.8) is 0 Å². The Kier molecular flexibility index (Phi) is 10.00. The Labute approximate surface area is 188 Å². The lowest BCUT2D eigenvalue weighted by Crippen LogP contribution is -2.34. The van der Waals surface area contributed by atoms with E-state index >= 15 is 0 Å². The third-order valence-corrected chi connectivity index (χ3v) is 5.43. The molecule has 2 heterocycles. The number of hydrogen-bond donors (Lipinski definition) is 2. The number of thiophene rings is 1. The summed E-state index contributed by atoms with van der Waals surface area (Å²) in [4.78, 5) is 32.8. The number of carbonyl (C=O) groups is 2. The van der Waals surface area contributed by atoms with E-state index in [1.165, 1.54) is 11.3 Å². The van der Waals surface area contributed by atoms with Gasteiger partial charge in [-0.3, -0.25) is 4.79 Å². The molecule has 1 aliphatic rings. The molecule has 8 nitrogen and oxygen atoms in total. The van der Waals surface area contributed by atoms with Gasteiger partial charge in [0.1, 0.15) is 5.84 Å². The molecule has 1 aromatic rings. The van der Waals surface area contributed by atoms with Crippen LogP contribution in [0.2, 0.25) is 0 Å². The number of fused-ring (bicyclic) bond motifs is 1. The maximum atomic E-state index is 13.0. The van der Waals surface area contributed by atoms with Crippen molar-refractivity contribution in [2.45, 2.75) is 59.7 Å². The zero-order valence-electron chi connectivity index (χ0n) is 18.9. The smallest absolute Gasteiger partial charge is 0.407 e. The maximum Gasteiger partial charge on any atom is 0.407 e. The highest BCUT2D eigenvalue weighted by molar-refractivity contribution is 7.13. The van der Waals surface area contributed by atoms with Crippen molar-refractivity contribution in [2.75, 3.05) is 26.2 Å². The summed E-state index contributed by atoms with van der Waals surface area (Å²) in [5.41, 5.74) is 7.53. The number of rotatable bonds is 11. The van der Waals surface area contributed by atoms with Crippen LogP contribution in [0.4, 0.5) is 10.5 Å². The van der Waals surface area contributed by atoms with Crippen LogP contribution < -0.4 is 11.1 Å². The van der Waals surface area contributed by atoms with E-state index in [-0.39, 0.29) is 12.0 Å². The second-order valence-corrected chi connectivity index (χ2v) is 8.81. The van der Waals surface area contributed by atoms with Crippen molar-refractivity contribution >= 4 is 40.9 Å². The Morgan fingerprint density at radius 1 is 1.29 bits per heavy atom. The van der Waals surface area contributed by atoms with Crippen molar-refractivity contribution in [3.05, 3.63) is 21.4 Å². The second-order valence-electron chi connectivity index (χ2n) is 7.64. The highest BCUT2D eigenvalue weighted by Crippen LogP contribution is 2.35. The average molecular weight is 451 g/mol. The van der Waals surface area contributed by atoms with Crippen molar-refractivity contribution in [1.82, 2.24) is 10.2 Å². The van der Waals surface area contributed by atoms with E-state index in [0.29, 0.717) is 37.6 Å². The SMILES string of the molecule is CCCN(CCC)C(=O)C1=Cc2sc(COCCNC(=O)OC(C)C)cc2N=C(N)C1. The summed E-state index contributed by atoms with van der Waals surface area (Å²) in [7, 11) is 0. The minimum absolute atomic E-state index is 0.0280. The van der Waals surface area contributed by atoms with Gasteiger partial charge in [0.15, 0.2) is 0 Å². The molecule has 0 saturated heterocycles. The van der Waals surface area contributed by atoms with Gasteiger partial charge in [0, 0.05) is 36.5 Å². The van der Waals surface area contributed by atoms with Crippen molar-refractivity contribution in [3.8, 4) is 0 Å². The van der Waals surface area contributed by atoms with E-state index in [4.69, 9.17) is 15.2 Å². The molecule has 1 aliphatic heterocycles. The number of alkyl carbamates (subject to hydrolysis) is 1. The van der Waals surface area contributed by atoms with Gasteiger partial charge >= 0.3 is 6.09 Å². The van der Waals surface area contributed by atoms with Crippen LogP contribution in [-0.4, -0.2) is 55.1 Å². The van der Waals surface area contributed by atoms with Gasteiger partial charge in [-0.15, -0.1) is 11.3 Å². The lowest BCUT2D eigenvalue weighted by atomic mass is 10.1. The molecule has 9 heteroatoms. The van der Waals surface area contributed by atoms with Gasteiger partial charge < -0.3 is 25.4 Å². The summed E-state index contributed by atoms with van der Waals surface area (Å²) in [6, 6.07) is 1.94. The Balaban J connectivity index is 1.99. The third kappa shape index (κ3) is 7.99. The molecular weight excluding hydrogens is 416 g/mol. The number of nitrogens with two attached hydrogens (primary N) is 1. The zero-order chi connectivity index (χ0) is 22.8. The lowest BCUT2D eigenvalue weighted by Gasteiger charge is -2.22. The standard InChI is InChI=1S/C22H34N4O4S/c1-5-8-26(9-6-2)21(27)16-11-19-18(25-20(23)12-16)13-17(31-19)14-29-10-7-24-22(28)30-15(3)4/h11,13,15H,5-10,12,14H2,1-4H3,(H2,23,25)(H,24,28). The molecule has 0 bridgehead atoms. The first-order valence-electron chi connectivity index (χ1n) is 10.8. The first kappa shape index (κ1) is 24.9. The molecule has 31 heavy (non-hydrogen) atoms. The molecule has 1 aromatic heterocycles. The van der Waals surface area contributed by atoms with Crippen LogP contribution in [0.3, 0.4) is 0 Å². The summed E-state index contributed by atoms with van der Waals surface area (Å²) >= 11 is 1.54. The number of nitrogens with one attached hydrogen (secondary N) is 1. The van der Waals surface area contributed by atoms with Crippen molar-refractivity contribution in [1.29, 1.82) is 0 Å². The number of hydrogen-bond acceptors (Lipinski definition) is 7. The summed E-state index contributed by atoms with van der Waals surface area (Å²) in [6.45, 7) is 10.3. The summed E-state index contributed by atoms with van der Waals surface area (Å²) in [6.07, 6.45) is 3.49. The molecule has 0 atom stereocenters. The highest BCUT2D eigenvalue weighted by Gasteiger charge is 2.22. The molecular formula is C22H34N4O4S. The zero-order valence-corrected chi connectivity index (χ0v) is 19.7. The predicted molar refractivity (Wildman–Crippen MR) is 125 cm³/mol. The molecule has 0 aliphatic carbocycles. The Morgan fingerprint density at radius 3 is 2.65 bits per heavy atom. The third-order valence-electron chi connectivity index (χ3n) is 4.38. The van der Waals surface area contributed by atoms with Crippen molar-refractivity contribution in [2.24, 2.45) is 10.7 Å². The number of aliphatic imine (C=N–C) groups is 1. The summed E-state index contributed by atoms with van der Waals surface area (Å²) in [5, 5.41) is 2.64. The van der Waals surface area contributed by atoms with Crippen LogP contribution in [0, 0.1) is 0 Å². The Morgan fingerprint density at radius 2 is 2.00 bits per heavy atom. The molecule has 3 N–H and O–H groups in total. The van der Waals surface area contributed by atoms with Crippen LogP contribution >= 0.6 is 11.3 Å². The largest absolute Gasteiger partial charge is 0.447 e. The Bertz CT molecular complexity index is 810. The van der Waals surface area contributed by atoms with Gasteiger partial charge in [-0.2, -0.15) is 0 Å². The summed E-state index contributed by atoms with van der Waals surface area (Å²) < 4.78 is 10.7. The topological polar surface area (TPSA) is 106 Å². The van der Waals surface area contributed by atoms with Crippen LogP contribution in [0.15, 0.2) is 16.6 Å². The second kappa shape index (κ2) is 12.5. The van der Waals surface area contributed by atoms with Crippen LogP contribution in [0.5, 0.6) is 0 Å². The van der Waals surface area contributed by atoms with Crippen LogP contribution in [0.1, 0.15) is 56.7 Å². The maximum absolute atomic E-state index is 13.0. The number of nitrogens with zero attached hydrogens (tertiary/aromatic N) is 2. The van der Waals surface area contributed by atoms with Crippen LogP contribution in [-0.2, 0) is 20.9 Å². The number of carbonyl (C=O) groups excluding carboxylic acids is 2. The molecule has 0 aromatic carbocycles. The molecule has 0 fully saturated rings. The number of amides is 2. The highest BCUT2D eigenvalue weighted by atomic mass is 32.1. The number of amidine groups is 1. The van der Waals surface area contributed by atoms with E-state index in [2.05, 4.69) is 24.2 Å². The minimum atomic E-state index is -0.450. The molecule has 2 amide bonds. The Hall–Kier alpha value is -2.39. The van der Waals surface area contributed by atoms with Gasteiger partial charge in [-0.05, 0) is 38.8 Å². The van der Waals surface area contributed by atoms with E-state index in [0.717, 1.165) is 41.4 Å². The van der Waals surface area contributed by atoms with Gasteiger partial charge in [-0.1, -0.05) is 13.8 Å².